The Hall–Kier alpha value is -5.14. The molecule has 7 rings (SSSR count). The van der Waals surface area contributed by atoms with Crippen LogP contribution in [-0.4, -0.2) is 7.05 Å². The van der Waals surface area contributed by atoms with Crippen molar-refractivity contribution in [1.82, 2.24) is 0 Å². The Morgan fingerprint density at radius 3 is 1.96 bits per heavy atom. The standard InChI is InChI=1S/C48H47N/c1-33-17-8-10-22-39(33)31-47(5,45-35(3)27-28-37-20-12-14-24-41(37)45)36(4)19-16-26-44-48(6,32-40-23-11-9-18-34(40)2)46-42-25-15-13-21-38(42)29-30-43(46)49(44)7/h8-30H,4,31-32H2,1-3,5-7H3/b19-16+,44-26+. The van der Waals surface area contributed by atoms with Crippen molar-refractivity contribution < 1.29 is 0 Å². The van der Waals surface area contributed by atoms with E-state index in [1.54, 1.807) is 0 Å². The van der Waals surface area contributed by atoms with Gasteiger partial charge >= 0.3 is 0 Å². The molecule has 0 spiro atoms. The van der Waals surface area contributed by atoms with Gasteiger partial charge < -0.3 is 4.90 Å². The van der Waals surface area contributed by atoms with Gasteiger partial charge in [0, 0.05) is 29.3 Å². The molecule has 1 nitrogen and oxygen atoms in total. The van der Waals surface area contributed by atoms with Gasteiger partial charge in [-0.15, -0.1) is 0 Å². The number of hydrogen-bond donors (Lipinski definition) is 0. The average Bonchev–Trinajstić information content (AvgIpc) is 3.31. The van der Waals surface area contributed by atoms with E-state index in [9.17, 15) is 0 Å². The first kappa shape index (κ1) is 32.4. The van der Waals surface area contributed by atoms with Gasteiger partial charge in [-0.25, -0.2) is 0 Å². The van der Waals surface area contributed by atoms with Gasteiger partial charge in [0.25, 0.3) is 0 Å². The molecule has 0 fully saturated rings. The highest BCUT2D eigenvalue weighted by Crippen LogP contribution is 2.52. The molecule has 0 aliphatic carbocycles. The van der Waals surface area contributed by atoms with Gasteiger partial charge in [0.05, 0.1) is 0 Å². The zero-order chi connectivity index (χ0) is 34.3. The minimum Gasteiger partial charge on any atom is -0.347 e. The first-order valence-electron chi connectivity index (χ1n) is 17.5. The van der Waals surface area contributed by atoms with Gasteiger partial charge in [-0.3, -0.25) is 0 Å². The zero-order valence-corrected chi connectivity index (χ0v) is 29.8. The van der Waals surface area contributed by atoms with Crippen molar-refractivity contribution in [2.24, 2.45) is 0 Å². The van der Waals surface area contributed by atoms with E-state index in [1.807, 2.05) is 0 Å². The third-order valence-electron chi connectivity index (χ3n) is 11.3. The monoisotopic (exact) mass is 637 g/mol. The van der Waals surface area contributed by atoms with E-state index < -0.39 is 0 Å². The smallest absolute Gasteiger partial charge is 0.0454 e. The fourth-order valence-corrected chi connectivity index (χ4v) is 8.52. The highest BCUT2D eigenvalue weighted by Gasteiger charge is 2.43. The summed E-state index contributed by atoms with van der Waals surface area (Å²) in [6.45, 7) is 16.4. The molecular weight excluding hydrogens is 591 g/mol. The van der Waals surface area contributed by atoms with Crippen LogP contribution in [-0.2, 0) is 23.7 Å². The van der Waals surface area contributed by atoms with Gasteiger partial charge in [0.1, 0.15) is 0 Å². The lowest BCUT2D eigenvalue weighted by atomic mass is 9.68. The van der Waals surface area contributed by atoms with E-state index >= 15 is 0 Å². The molecule has 0 saturated carbocycles. The fraction of sp³-hybridized carbons (Fsp3) is 0.208. The molecule has 6 aromatic carbocycles. The molecule has 49 heavy (non-hydrogen) atoms. The summed E-state index contributed by atoms with van der Waals surface area (Å²) in [5.41, 5.74) is 12.6. The van der Waals surface area contributed by atoms with Crippen LogP contribution in [0.5, 0.6) is 0 Å². The van der Waals surface area contributed by atoms with Crippen LogP contribution in [0.2, 0.25) is 0 Å². The third kappa shape index (κ3) is 5.62. The molecule has 244 valence electrons. The normalized spacial score (nSPS) is 18.0. The summed E-state index contributed by atoms with van der Waals surface area (Å²) in [6.07, 6.45) is 8.68. The van der Waals surface area contributed by atoms with Crippen molar-refractivity contribution in [2.75, 3.05) is 11.9 Å². The van der Waals surface area contributed by atoms with Crippen LogP contribution in [0.3, 0.4) is 0 Å². The van der Waals surface area contributed by atoms with Crippen molar-refractivity contribution in [2.45, 2.75) is 58.3 Å². The number of rotatable bonds is 8. The van der Waals surface area contributed by atoms with Crippen LogP contribution in [0.15, 0.2) is 157 Å². The second-order valence-corrected chi connectivity index (χ2v) is 14.5. The molecule has 1 heterocycles. The summed E-state index contributed by atoms with van der Waals surface area (Å²) >= 11 is 0. The quantitative estimate of drug-likeness (QED) is 0.150. The van der Waals surface area contributed by atoms with Crippen LogP contribution in [0, 0.1) is 20.8 Å². The van der Waals surface area contributed by atoms with Crippen molar-refractivity contribution in [3.05, 3.63) is 196 Å². The molecule has 0 saturated heterocycles. The molecule has 1 aliphatic heterocycles. The maximum absolute atomic E-state index is 4.83. The Morgan fingerprint density at radius 1 is 0.694 bits per heavy atom. The second-order valence-electron chi connectivity index (χ2n) is 14.5. The Morgan fingerprint density at radius 2 is 1.27 bits per heavy atom. The number of hydrogen-bond acceptors (Lipinski definition) is 1. The maximum Gasteiger partial charge on any atom is 0.0454 e. The Bertz CT molecular complexity index is 2280. The van der Waals surface area contributed by atoms with E-state index in [1.165, 1.54) is 71.9 Å². The first-order chi connectivity index (χ1) is 23.6. The van der Waals surface area contributed by atoms with Crippen LogP contribution in [0.25, 0.3) is 21.5 Å². The molecule has 2 unspecified atom stereocenters. The van der Waals surface area contributed by atoms with E-state index in [2.05, 4.69) is 186 Å². The zero-order valence-electron chi connectivity index (χ0n) is 29.8. The predicted molar refractivity (Wildman–Crippen MR) is 212 cm³/mol. The summed E-state index contributed by atoms with van der Waals surface area (Å²) in [4.78, 5) is 2.41. The number of anilines is 1. The average molecular weight is 638 g/mol. The number of likely N-dealkylation sites (N-methyl/N-ethyl adjacent to an activating group) is 1. The summed E-state index contributed by atoms with van der Waals surface area (Å²) in [5.74, 6) is 0. The number of allylic oxidation sites excluding steroid dienone is 5. The van der Waals surface area contributed by atoms with Gasteiger partial charge in [0.15, 0.2) is 0 Å². The SMILES string of the molecule is C=C(/C=C/C=C1/N(C)c2ccc3ccccc3c2C1(C)Cc1ccccc1C)C(C)(Cc1ccccc1C)c1c(C)ccc2ccccc12. The van der Waals surface area contributed by atoms with Crippen molar-refractivity contribution in [3.63, 3.8) is 0 Å². The summed E-state index contributed by atoms with van der Waals surface area (Å²) in [5, 5.41) is 5.18. The lowest BCUT2D eigenvalue weighted by Gasteiger charge is -2.35. The summed E-state index contributed by atoms with van der Waals surface area (Å²) < 4.78 is 0. The number of benzene rings is 6. The minimum absolute atomic E-state index is 0.223. The highest BCUT2D eigenvalue weighted by atomic mass is 15.2. The molecule has 0 bridgehead atoms. The second kappa shape index (κ2) is 12.7. The Labute approximate surface area is 292 Å². The van der Waals surface area contributed by atoms with E-state index in [4.69, 9.17) is 6.58 Å². The number of fused-ring (bicyclic) bond motifs is 4. The number of aryl methyl sites for hydroxylation is 3. The van der Waals surface area contributed by atoms with Crippen LogP contribution in [0.1, 0.15) is 52.8 Å². The van der Waals surface area contributed by atoms with Crippen LogP contribution >= 0.6 is 0 Å². The summed E-state index contributed by atoms with van der Waals surface area (Å²) in [6, 6.07) is 44.4. The molecule has 0 amide bonds. The molecule has 6 aromatic rings. The Kier molecular flexibility index (Phi) is 8.41. The van der Waals surface area contributed by atoms with E-state index in [-0.39, 0.29) is 10.8 Å². The molecule has 1 heteroatoms. The molecule has 0 radical (unpaired) electrons. The number of nitrogens with zero attached hydrogens (tertiary/aromatic N) is 1. The third-order valence-corrected chi connectivity index (χ3v) is 11.3. The topological polar surface area (TPSA) is 3.24 Å². The lowest BCUT2D eigenvalue weighted by Crippen LogP contribution is -2.29. The highest BCUT2D eigenvalue weighted by molar-refractivity contribution is 5.95. The molecule has 0 aromatic heterocycles. The fourth-order valence-electron chi connectivity index (χ4n) is 8.52. The van der Waals surface area contributed by atoms with Crippen molar-refractivity contribution in [3.8, 4) is 0 Å². The van der Waals surface area contributed by atoms with Crippen LogP contribution < -0.4 is 4.90 Å². The molecule has 1 aliphatic rings. The molecular formula is C48H47N. The predicted octanol–water partition coefficient (Wildman–Crippen LogP) is 12.1. The first-order valence-corrected chi connectivity index (χ1v) is 17.5. The maximum atomic E-state index is 4.83. The van der Waals surface area contributed by atoms with Gasteiger partial charge in [-0.05, 0) is 119 Å². The van der Waals surface area contributed by atoms with Crippen molar-refractivity contribution in [1.29, 1.82) is 0 Å². The van der Waals surface area contributed by atoms with E-state index in [0.29, 0.717) is 0 Å². The largest absolute Gasteiger partial charge is 0.347 e. The van der Waals surface area contributed by atoms with Crippen molar-refractivity contribution >= 4 is 27.2 Å². The van der Waals surface area contributed by atoms with Crippen LogP contribution in [0.4, 0.5) is 5.69 Å². The van der Waals surface area contributed by atoms with Gasteiger partial charge in [0.2, 0.25) is 0 Å². The molecule has 0 N–H and O–H groups in total. The Balaban J connectivity index is 1.35. The summed E-state index contributed by atoms with van der Waals surface area (Å²) in [7, 11) is 2.23. The van der Waals surface area contributed by atoms with E-state index in [0.717, 1.165) is 18.4 Å². The molecule has 2 atom stereocenters. The van der Waals surface area contributed by atoms with Gasteiger partial charge in [-0.1, -0.05) is 141 Å². The van der Waals surface area contributed by atoms with Gasteiger partial charge in [-0.2, -0.15) is 0 Å². The lowest BCUT2D eigenvalue weighted by molar-refractivity contribution is 0.567. The minimum atomic E-state index is -0.322.